The van der Waals surface area contributed by atoms with Crippen molar-refractivity contribution in [2.45, 2.75) is 38.6 Å². The highest BCUT2D eigenvalue weighted by atomic mass is 16.1. The van der Waals surface area contributed by atoms with Crippen molar-refractivity contribution in [1.29, 1.82) is 10.7 Å². The van der Waals surface area contributed by atoms with Crippen LogP contribution in [0.1, 0.15) is 38.6 Å². The Morgan fingerprint density at radius 3 is 3.04 bits per heavy atom. The quantitative estimate of drug-likeness (QED) is 0.599. The Balaban J connectivity index is 1.90. The molecule has 0 spiro atoms. The van der Waals surface area contributed by atoms with Crippen molar-refractivity contribution in [3.8, 4) is 6.07 Å². The van der Waals surface area contributed by atoms with Crippen molar-refractivity contribution in [3.63, 3.8) is 0 Å². The van der Waals surface area contributed by atoms with E-state index < -0.39 is 0 Å². The minimum absolute atomic E-state index is 0.00831. The molecule has 1 saturated carbocycles. The third-order valence-electron chi connectivity index (χ3n) is 5.09. The molecule has 1 fully saturated rings. The number of hydrogen-bond acceptors (Lipinski definition) is 7. The average molecular weight is 379 g/mol. The first-order valence-electron chi connectivity index (χ1n) is 9.40. The molecule has 1 aromatic heterocycles. The van der Waals surface area contributed by atoms with Gasteiger partial charge in [0.1, 0.15) is 23.2 Å². The van der Waals surface area contributed by atoms with Crippen molar-refractivity contribution in [3.05, 3.63) is 52.0 Å². The predicted molar refractivity (Wildman–Crippen MR) is 110 cm³/mol. The number of nitriles is 1. The van der Waals surface area contributed by atoms with Crippen LogP contribution in [0.15, 0.2) is 51.4 Å². The molecule has 2 heterocycles. The van der Waals surface area contributed by atoms with Gasteiger partial charge in [0, 0.05) is 43.1 Å². The molecule has 1 aliphatic carbocycles. The zero-order chi connectivity index (χ0) is 20.1. The molecule has 4 N–H and O–H groups in total. The Hall–Kier alpha value is -3.34. The van der Waals surface area contributed by atoms with Crippen LogP contribution in [0, 0.1) is 22.7 Å². The molecule has 0 bridgehead atoms. The largest absolute Gasteiger partial charge is 0.375 e. The number of hydrogen-bond donors (Lipinski definition) is 4. The maximum Gasteiger partial charge on any atom is 0.274 e. The number of allylic oxidation sites excluding steroid dienone is 1. The molecule has 146 valence electrons. The Morgan fingerprint density at radius 1 is 1.50 bits per heavy atom. The Morgan fingerprint density at radius 2 is 2.32 bits per heavy atom. The third-order valence-corrected chi connectivity index (χ3v) is 5.09. The van der Waals surface area contributed by atoms with Gasteiger partial charge in [0.25, 0.3) is 5.56 Å². The standard InChI is InChI=1S/C20H25N7O/c1-13(11-21)19-25-17(23-2)10-18(26-19)24-16-7-4-8-27(20(16)28)15-6-3-5-14(9-15)12-22/h4,7-8,10-11,14-15,21,23,25H,3,5-6,9H2,1-2H3,(H,24,26)/b19-13+,21-11?. The molecule has 0 aromatic carbocycles. The first-order chi connectivity index (χ1) is 13.5. The molecule has 28 heavy (non-hydrogen) atoms. The van der Waals surface area contributed by atoms with E-state index in [1.807, 2.05) is 6.07 Å². The maximum atomic E-state index is 13.0. The highest BCUT2D eigenvalue weighted by Gasteiger charge is 2.24. The molecular formula is C20H25N7O. The van der Waals surface area contributed by atoms with Crippen LogP contribution >= 0.6 is 0 Å². The second-order valence-corrected chi connectivity index (χ2v) is 7.01. The number of aromatic nitrogens is 1. The fourth-order valence-electron chi connectivity index (χ4n) is 3.50. The monoisotopic (exact) mass is 379 g/mol. The molecule has 2 atom stereocenters. The lowest BCUT2D eigenvalue weighted by molar-refractivity contribution is 0.303. The van der Waals surface area contributed by atoms with Crippen molar-refractivity contribution in [2.24, 2.45) is 10.9 Å². The molecule has 2 unspecified atom stereocenters. The van der Waals surface area contributed by atoms with Crippen LogP contribution in [0.2, 0.25) is 0 Å². The minimum Gasteiger partial charge on any atom is -0.375 e. The lowest BCUT2D eigenvalue weighted by atomic mass is 9.86. The summed E-state index contributed by atoms with van der Waals surface area (Å²) in [4.78, 5) is 17.5. The number of nitrogens with zero attached hydrogens (tertiary/aromatic N) is 3. The number of rotatable bonds is 4. The van der Waals surface area contributed by atoms with Gasteiger partial charge in [-0.15, -0.1) is 0 Å². The third kappa shape index (κ3) is 4.14. The summed E-state index contributed by atoms with van der Waals surface area (Å²) in [5, 5.41) is 25.9. The van der Waals surface area contributed by atoms with Gasteiger partial charge in [-0.25, -0.2) is 4.99 Å². The summed E-state index contributed by atoms with van der Waals surface area (Å²) in [6.07, 6.45) is 8.26. The zero-order valence-corrected chi connectivity index (χ0v) is 16.1. The number of aliphatic imine (C=N–C) groups is 1. The molecule has 0 saturated heterocycles. The highest BCUT2D eigenvalue weighted by molar-refractivity contribution is 6.05. The van der Waals surface area contributed by atoms with E-state index in [2.05, 4.69) is 27.0 Å². The predicted octanol–water partition coefficient (Wildman–Crippen LogP) is 2.46. The van der Waals surface area contributed by atoms with Crippen LogP contribution in [0.4, 0.5) is 5.69 Å². The lowest BCUT2D eigenvalue weighted by Gasteiger charge is -2.27. The van der Waals surface area contributed by atoms with Crippen molar-refractivity contribution in [2.75, 3.05) is 12.4 Å². The summed E-state index contributed by atoms with van der Waals surface area (Å²) >= 11 is 0. The summed E-state index contributed by atoms with van der Waals surface area (Å²) in [5.74, 6) is 1.78. The molecule has 8 heteroatoms. The fraction of sp³-hybridized carbons (Fsp3) is 0.400. The van der Waals surface area contributed by atoms with E-state index in [0.717, 1.165) is 19.3 Å². The summed E-state index contributed by atoms with van der Waals surface area (Å²) in [6, 6.07) is 5.95. The number of amidine groups is 1. The summed E-state index contributed by atoms with van der Waals surface area (Å²) < 4.78 is 1.73. The van der Waals surface area contributed by atoms with Gasteiger partial charge in [0.15, 0.2) is 0 Å². The molecule has 1 aromatic rings. The SMILES string of the molecule is CNC1=CC(Nc2cccn(C3CCCC(C#N)C3)c2=O)=N/C(=C(\C)C=N)N1. The van der Waals surface area contributed by atoms with Crippen LogP contribution in [-0.4, -0.2) is 23.7 Å². The van der Waals surface area contributed by atoms with Gasteiger partial charge in [-0.1, -0.05) is 6.42 Å². The van der Waals surface area contributed by atoms with E-state index in [4.69, 9.17) is 5.41 Å². The van der Waals surface area contributed by atoms with Crippen molar-refractivity contribution in [1.82, 2.24) is 15.2 Å². The van der Waals surface area contributed by atoms with Crippen molar-refractivity contribution < 1.29 is 0 Å². The van der Waals surface area contributed by atoms with E-state index in [0.29, 0.717) is 35.2 Å². The van der Waals surface area contributed by atoms with Gasteiger partial charge in [0.2, 0.25) is 0 Å². The van der Waals surface area contributed by atoms with Gasteiger partial charge < -0.3 is 25.9 Å². The molecular weight excluding hydrogens is 354 g/mol. The normalized spacial score (nSPS) is 23.5. The van der Waals surface area contributed by atoms with E-state index >= 15 is 0 Å². The molecule has 1 aliphatic heterocycles. The molecule has 8 nitrogen and oxygen atoms in total. The van der Waals surface area contributed by atoms with Gasteiger partial charge >= 0.3 is 0 Å². The second-order valence-electron chi connectivity index (χ2n) is 7.01. The Labute approximate surface area is 164 Å². The van der Waals surface area contributed by atoms with Gasteiger partial charge in [-0.05, 0) is 38.3 Å². The Kier molecular flexibility index (Phi) is 5.94. The van der Waals surface area contributed by atoms with Crippen LogP contribution in [0.5, 0.6) is 0 Å². The highest BCUT2D eigenvalue weighted by Crippen LogP contribution is 2.31. The average Bonchev–Trinajstić information content (AvgIpc) is 2.74. The molecule has 3 rings (SSSR count). The van der Waals surface area contributed by atoms with E-state index in [-0.39, 0.29) is 17.5 Å². The summed E-state index contributed by atoms with van der Waals surface area (Å²) in [6.45, 7) is 1.79. The van der Waals surface area contributed by atoms with E-state index in [9.17, 15) is 10.1 Å². The number of pyridine rings is 1. The van der Waals surface area contributed by atoms with Gasteiger partial charge in [-0.3, -0.25) is 4.79 Å². The maximum absolute atomic E-state index is 13.0. The first-order valence-corrected chi connectivity index (χ1v) is 9.40. The molecule has 0 radical (unpaired) electrons. The van der Waals surface area contributed by atoms with Gasteiger partial charge in [-0.2, -0.15) is 5.26 Å². The van der Waals surface area contributed by atoms with Crippen LogP contribution in [0.25, 0.3) is 0 Å². The molecule has 2 aliphatic rings. The first kappa shape index (κ1) is 19.4. The summed E-state index contributed by atoms with van der Waals surface area (Å²) in [5.41, 5.74) is 0.984. The van der Waals surface area contributed by atoms with Crippen molar-refractivity contribution >= 4 is 17.7 Å². The summed E-state index contributed by atoms with van der Waals surface area (Å²) in [7, 11) is 1.78. The van der Waals surface area contributed by atoms with Crippen LogP contribution in [0.3, 0.4) is 0 Å². The Bertz CT molecular complexity index is 948. The topological polar surface area (TPSA) is 118 Å². The second kappa shape index (κ2) is 8.57. The smallest absolute Gasteiger partial charge is 0.274 e. The zero-order valence-electron chi connectivity index (χ0n) is 16.1. The molecule has 0 amide bonds. The van der Waals surface area contributed by atoms with Crippen LogP contribution < -0.4 is 21.5 Å². The lowest BCUT2D eigenvalue weighted by Crippen LogP contribution is -2.33. The minimum atomic E-state index is -0.124. The van der Waals surface area contributed by atoms with E-state index in [1.54, 1.807) is 36.9 Å². The van der Waals surface area contributed by atoms with E-state index in [1.165, 1.54) is 6.21 Å². The fourth-order valence-corrected chi connectivity index (χ4v) is 3.50. The van der Waals surface area contributed by atoms with Gasteiger partial charge in [0.05, 0.1) is 6.07 Å². The van der Waals surface area contributed by atoms with Crippen LogP contribution in [-0.2, 0) is 0 Å². The number of anilines is 1. The number of nitrogens with one attached hydrogen (secondary N) is 4.